The van der Waals surface area contributed by atoms with Crippen LogP contribution >= 0.6 is 0 Å². The molecule has 0 N–H and O–H groups in total. The van der Waals surface area contributed by atoms with Gasteiger partial charge < -0.3 is 0 Å². The third-order valence-electron chi connectivity index (χ3n) is 0.155. The van der Waals surface area contributed by atoms with Crippen LogP contribution in [0.15, 0.2) is 0 Å². The molecule has 5 heteroatoms. The van der Waals surface area contributed by atoms with Gasteiger partial charge >= 0.3 is 12.1 Å². The summed E-state index contributed by atoms with van der Waals surface area (Å²) in [6.45, 7) is 0. The minimum absolute atomic E-state index is 0. The summed E-state index contributed by atoms with van der Waals surface area (Å²) in [5.74, 6) is 0. The first kappa shape index (κ1) is 9.87. The molecule has 0 aliphatic carbocycles. The second-order valence-corrected chi connectivity index (χ2v) is 0.547. The molecule has 0 radical (unpaired) electrons. The fourth-order valence-corrected chi connectivity index (χ4v) is 0. The van der Waals surface area contributed by atoms with Gasteiger partial charge in [-0.25, -0.2) is 9.59 Å². The zero-order valence-corrected chi connectivity index (χ0v) is 4.03. The van der Waals surface area contributed by atoms with E-state index in [2.05, 4.69) is 0 Å². The van der Waals surface area contributed by atoms with Crippen molar-refractivity contribution in [2.24, 2.45) is 0 Å². The van der Waals surface area contributed by atoms with Crippen LogP contribution in [0.2, 0.25) is 0 Å². The molecular weight excluding hydrogens is 150 g/mol. The van der Waals surface area contributed by atoms with E-state index in [1.165, 1.54) is 0 Å². The summed E-state index contributed by atoms with van der Waals surface area (Å²) in [6, 6.07) is -5.09. The fourth-order valence-electron chi connectivity index (χ4n) is 0. The smallest absolute Gasteiger partial charge is 0.249 e. The molecule has 0 aromatic rings. The van der Waals surface area contributed by atoms with Crippen molar-refractivity contribution in [3.05, 3.63) is 0 Å². The predicted molar refractivity (Wildman–Crippen MR) is 12.2 cm³/mol. The van der Waals surface area contributed by atoms with Gasteiger partial charge in [0.1, 0.15) is 0 Å². The van der Waals surface area contributed by atoms with Gasteiger partial charge in [0.2, 0.25) is 0 Å². The Bertz CT molecular complexity index is 79.7. The Kier molecular flexibility index (Phi) is 5.49. The standard InChI is InChI=1S/C2F2O2.Fe/c3-1(5)2(4)6;. The molecule has 0 fully saturated rings. The van der Waals surface area contributed by atoms with Gasteiger partial charge in [-0.05, 0) is 0 Å². The van der Waals surface area contributed by atoms with Crippen molar-refractivity contribution in [3.63, 3.8) is 0 Å². The van der Waals surface area contributed by atoms with Crippen molar-refractivity contribution < 1.29 is 35.4 Å². The Morgan fingerprint density at radius 1 is 1.00 bits per heavy atom. The molecule has 0 aromatic carbocycles. The van der Waals surface area contributed by atoms with Gasteiger partial charge in [0.25, 0.3) is 0 Å². The van der Waals surface area contributed by atoms with E-state index < -0.39 is 12.1 Å². The number of carbonyl (C=O) groups excluding carboxylic acids is 2. The van der Waals surface area contributed by atoms with Gasteiger partial charge in [-0.1, -0.05) is 0 Å². The van der Waals surface area contributed by atoms with Crippen molar-refractivity contribution in [2.75, 3.05) is 0 Å². The molecule has 0 rings (SSSR count). The maximum atomic E-state index is 10.5. The van der Waals surface area contributed by atoms with Crippen LogP contribution in [0, 0.1) is 0 Å². The topological polar surface area (TPSA) is 34.1 Å². The van der Waals surface area contributed by atoms with Crippen LogP contribution in [0.25, 0.3) is 0 Å². The van der Waals surface area contributed by atoms with E-state index in [4.69, 9.17) is 9.59 Å². The SMILES string of the molecule is O=C(F)C(=O)F.[Fe]. The summed E-state index contributed by atoms with van der Waals surface area (Å²) in [5, 5.41) is 0. The Morgan fingerprint density at radius 3 is 1.14 bits per heavy atom. The predicted octanol–water partition coefficient (Wildman–Crippen LogP) is -0.0239. The summed E-state index contributed by atoms with van der Waals surface area (Å²) in [5.41, 5.74) is 0. The van der Waals surface area contributed by atoms with Crippen molar-refractivity contribution in [1.82, 2.24) is 0 Å². The molecule has 0 unspecified atom stereocenters. The van der Waals surface area contributed by atoms with E-state index in [1.807, 2.05) is 0 Å². The molecule has 0 atom stereocenters. The first-order chi connectivity index (χ1) is 2.64. The van der Waals surface area contributed by atoms with E-state index >= 15 is 0 Å². The van der Waals surface area contributed by atoms with E-state index in [0.717, 1.165) is 0 Å². The summed E-state index contributed by atoms with van der Waals surface area (Å²) in [4.78, 5) is 17.5. The molecule has 0 heterocycles. The summed E-state index contributed by atoms with van der Waals surface area (Å²) in [7, 11) is 0. The first-order valence-corrected chi connectivity index (χ1v) is 1.04. The van der Waals surface area contributed by atoms with Gasteiger partial charge in [0.05, 0.1) is 0 Å². The Hall–Kier alpha value is -0.281. The van der Waals surface area contributed by atoms with Crippen LogP contribution in [-0.2, 0) is 26.7 Å². The van der Waals surface area contributed by atoms with E-state index in [-0.39, 0.29) is 17.1 Å². The maximum Gasteiger partial charge on any atom is 0.401 e. The maximum absolute atomic E-state index is 10.5. The summed E-state index contributed by atoms with van der Waals surface area (Å²) >= 11 is 0. The van der Waals surface area contributed by atoms with Gasteiger partial charge in [0, 0.05) is 17.1 Å². The quantitative estimate of drug-likeness (QED) is 0.299. The van der Waals surface area contributed by atoms with Crippen molar-refractivity contribution >= 4 is 12.1 Å². The number of rotatable bonds is 1. The summed E-state index contributed by atoms with van der Waals surface area (Å²) in [6.07, 6.45) is 0. The van der Waals surface area contributed by atoms with Crippen molar-refractivity contribution in [3.8, 4) is 0 Å². The third-order valence-corrected chi connectivity index (χ3v) is 0.155. The number of hydrogen-bond donors (Lipinski definition) is 0. The van der Waals surface area contributed by atoms with Crippen molar-refractivity contribution in [2.45, 2.75) is 0 Å². The normalized spacial score (nSPS) is 6.57. The second kappa shape index (κ2) is 3.89. The molecular formula is C2F2FeO2. The largest absolute Gasteiger partial charge is 0.401 e. The van der Waals surface area contributed by atoms with Crippen LogP contribution in [0.4, 0.5) is 8.78 Å². The van der Waals surface area contributed by atoms with Gasteiger partial charge in [0.15, 0.2) is 0 Å². The molecule has 7 heavy (non-hydrogen) atoms. The van der Waals surface area contributed by atoms with E-state index in [0.29, 0.717) is 0 Å². The molecule has 0 saturated heterocycles. The monoisotopic (exact) mass is 150 g/mol. The van der Waals surface area contributed by atoms with Crippen LogP contribution in [0.5, 0.6) is 0 Å². The molecule has 0 saturated carbocycles. The van der Waals surface area contributed by atoms with E-state index in [1.54, 1.807) is 0 Å². The summed E-state index contributed by atoms with van der Waals surface area (Å²) < 4.78 is 20.9. The molecule has 0 aromatic heterocycles. The Balaban J connectivity index is 0. The van der Waals surface area contributed by atoms with E-state index in [9.17, 15) is 8.78 Å². The van der Waals surface area contributed by atoms with Gasteiger partial charge in [-0.2, -0.15) is 8.78 Å². The van der Waals surface area contributed by atoms with Crippen LogP contribution in [0.1, 0.15) is 0 Å². The Labute approximate surface area is 48.4 Å². The molecule has 0 amide bonds. The minimum atomic E-state index is -2.55. The van der Waals surface area contributed by atoms with Crippen LogP contribution < -0.4 is 0 Å². The molecule has 0 aliphatic rings. The second-order valence-electron chi connectivity index (χ2n) is 0.547. The zero-order valence-electron chi connectivity index (χ0n) is 2.93. The molecule has 42 valence electrons. The fraction of sp³-hybridized carbons (Fsp3) is 0. The average molecular weight is 150 g/mol. The number of carbonyl (C=O) groups is 2. The van der Waals surface area contributed by atoms with Crippen LogP contribution in [0.3, 0.4) is 0 Å². The van der Waals surface area contributed by atoms with Crippen LogP contribution in [-0.4, -0.2) is 12.1 Å². The molecule has 0 spiro atoms. The van der Waals surface area contributed by atoms with Gasteiger partial charge in [-0.15, -0.1) is 0 Å². The van der Waals surface area contributed by atoms with Gasteiger partial charge in [-0.3, -0.25) is 0 Å². The zero-order chi connectivity index (χ0) is 5.15. The molecule has 0 bridgehead atoms. The molecule has 2 nitrogen and oxygen atoms in total. The third kappa shape index (κ3) is 5.72. The molecule has 0 aliphatic heterocycles. The first-order valence-electron chi connectivity index (χ1n) is 1.04. The number of halogens is 2. The van der Waals surface area contributed by atoms with Crippen molar-refractivity contribution in [1.29, 1.82) is 0 Å². The Morgan fingerprint density at radius 2 is 1.14 bits per heavy atom. The average Bonchev–Trinajstić information content (AvgIpc) is 1.36. The number of hydrogen-bond acceptors (Lipinski definition) is 2. The minimum Gasteiger partial charge on any atom is -0.249 e.